The standard InChI is InChI=1S/C18H24N4O/c23-18(13-7-8-17-14(10-13)11-19-21-17)20-15-4-3-9-22(12-15)16-5-1-2-6-16/h7-8,10-11,15-16H,1-6,9,12H2,(H,19,21)(H,20,23). The van der Waals surface area contributed by atoms with Crippen molar-refractivity contribution in [1.29, 1.82) is 0 Å². The highest BCUT2D eigenvalue weighted by Gasteiger charge is 2.28. The van der Waals surface area contributed by atoms with E-state index in [4.69, 9.17) is 0 Å². The van der Waals surface area contributed by atoms with E-state index in [1.165, 1.54) is 38.6 Å². The third kappa shape index (κ3) is 3.11. The second-order valence-corrected chi connectivity index (χ2v) is 6.92. The largest absolute Gasteiger partial charge is 0.348 e. The predicted molar refractivity (Wildman–Crippen MR) is 90.4 cm³/mol. The highest BCUT2D eigenvalue weighted by molar-refractivity contribution is 5.98. The summed E-state index contributed by atoms with van der Waals surface area (Å²) in [6.07, 6.45) is 9.42. The van der Waals surface area contributed by atoms with Gasteiger partial charge in [0.25, 0.3) is 5.91 Å². The number of carbonyl (C=O) groups excluding carboxylic acids is 1. The number of carbonyl (C=O) groups is 1. The molecule has 122 valence electrons. The van der Waals surface area contributed by atoms with E-state index in [0.717, 1.165) is 35.5 Å². The molecule has 5 nitrogen and oxygen atoms in total. The Kier molecular flexibility index (Phi) is 4.04. The van der Waals surface area contributed by atoms with Gasteiger partial charge in [-0.05, 0) is 50.4 Å². The van der Waals surface area contributed by atoms with Gasteiger partial charge in [-0.2, -0.15) is 5.10 Å². The van der Waals surface area contributed by atoms with E-state index < -0.39 is 0 Å². The molecule has 1 aromatic heterocycles. The maximum absolute atomic E-state index is 12.5. The SMILES string of the molecule is O=C(NC1CCCN(C2CCCC2)C1)c1ccc2[nH]ncc2c1. The van der Waals surface area contributed by atoms with E-state index in [0.29, 0.717) is 0 Å². The monoisotopic (exact) mass is 312 g/mol. The number of nitrogens with one attached hydrogen (secondary N) is 2. The summed E-state index contributed by atoms with van der Waals surface area (Å²) in [6.45, 7) is 2.20. The fourth-order valence-corrected chi connectivity index (χ4v) is 4.08. The second-order valence-electron chi connectivity index (χ2n) is 6.92. The number of aromatic amines is 1. The van der Waals surface area contributed by atoms with Gasteiger partial charge in [-0.15, -0.1) is 0 Å². The van der Waals surface area contributed by atoms with Crippen LogP contribution in [0.5, 0.6) is 0 Å². The lowest BCUT2D eigenvalue weighted by Crippen LogP contribution is -2.50. The van der Waals surface area contributed by atoms with E-state index in [1.807, 2.05) is 18.2 Å². The van der Waals surface area contributed by atoms with Crippen LogP contribution in [0.25, 0.3) is 10.9 Å². The van der Waals surface area contributed by atoms with Crippen LogP contribution in [0.3, 0.4) is 0 Å². The quantitative estimate of drug-likeness (QED) is 0.916. The normalized spacial score (nSPS) is 23.4. The van der Waals surface area contributed by atoms with Gasteiger partial charge in [-0.3, -0.25) is 14.8 Å². The summed E-state index contributed by atoms with van der Waals surface area (Å²) in [4.78, 5) is 15.1. The molecule has 23 heavy (non-hydrogen) atoms. The average Bonchev–Trinajstić information content (AvgIpc) is 3.26. The highest BCUT2D eigenvalue weighted by Crippen LogP contribution is 2.26. The van der Waals surface area contributed by atoms with Crippen molar-refractivity contribution in [2.45, 2.75) is 50.6 Å². The molecule has 0 bridgehead atoms. The average molecular weight is 312 g/mol. The van der Waals surface area contributed by atoms with Crippen LogP contribution < -0.4 is 5.32 Å². The maximum Gasteiger partial charge on any atom is 0.251 e. The van der Waals surface area contributed by atoms with Gasteiger partial charge in [0.15, 0.2) is 0 Å². The molecular formula is C18H24N4O. The Morgan fingerprint density at radius 1 is 1.22 bits per heavy atom. The van der Waals surface area contributed by atoms with Gasteiger partial charge in [-0.25, -0.2) is 0 Å². The molecule has 1 unspecified atom stereocenters. The Labute approximate surface area is 136 Å². The number of hydrogen-bond donors (Lipinski definition) is 2. The molecule has 1 amide bonds. The number of rotatable bonds is 3. The van der Waals surface area contributed by atoms with Gasteiger partial charge in [0.2, 0.25) is 0 Å². The predicted octanol–water partition coefficient (Wildman–Crippen LogP) is 2.70. The molecule has 0 spiro atoms. The van der Waals surface area contributed by atoms with Crippen molar-refractivity contribution in [3.05, 3.63) is 30.0 Å². The molecule has 2 fully saturated rings. The summed E-state index contributed by atoms with van der Waals surface area (Å²) in [5.74, 6) is 0.0337. The number of benzene rings is 1. The summed E-state index contributed by atoms with van der Waals surface area (Å²) in [5, 5.41) is 11.1. The molecule has 5 heteroatoms. The van der Waals surface area contributed by atoms with E-state index in [2.05, 4.69) is 20.4 Å². The third-order valence-corrected chi connectivity index (χ3v) is 5.33. The van der Waals surface area contributed by atoms with Crippen LogP contribution in [-0.4, -0.2) is 46.2 Å². The first-order chi connectivity index (χ1) is 11.3. The van der Waals surface area contributed by atoms with Crippen LogP contribution in [0.15, 0.2) is 24.4 Å². The number of hydrogen-bond acceptors (Lipinski definition) is 3. The van der Waals surface area contributed by atoms with E-state index in [-0.39, 0.29) is 11.9 Å². The molecular weight excluding hydrogens is 288 g/mol. The Bertz CT molecular complexity index is 689. The summed E-state index contributed by atoms with van der Waals surface area (Å²) >= 11 is 0. The molecule has 1 aliphatic carbocycles. The molecule has 2 aromatic rings. The molecule has 2 aliphatic rings. The topological polar surface area (TPSA) is 61.0 Å². The highest BCUT2D eigenvalue weighted by atomic mass is 16.1. The lowest BCUT2D eigenvalue weighted by atomic mass is 10.0. The number of piperidine rings is 1. The number of likely N-dealkylation sites (tertiary alicyclic amines) is 1. The van der Waals surface area contributed by atoms with E-state index in [1.54, 1.807) is 6.20 Å². The zero-order valence-corrected chi connectivity index (χ0v) is 13.4. The van der Waals surface area contributed by atoms with Crippen molar-refractivity contribution in [3.8, 4) is 0 Å². The minimum Gasteiger partial charge on any atom is -0.348 e. The molecule has 1 saturated heterocycles. The van der Waals surface area contributed by atoms with Crippen molar-refractivity contribution in [1.82, 2.24) is 20.4 Å². The van der Waals surface area contributed by atoms with Crippen molar-refractivity contribution in [2.24, 2.45) is 0 Å². The first-order valence-electron chi connectivity index (χ1n) is 8.77. The minimum absolute atomic E-state index is 0.0337. The number of amides is 1. The Balaban J connectivity index is 1.41. The summed E-state index contributed by atoms with van der Waals surface area (Å²) < 4.78 is 0. The molecule has 2 heterocycles. The van der Waals surface area contributed by atoms with Crippen LogP contribution in [0, 0.1) is 0 Å². The molecule has 1 atom stereocenters. The van der Waals surface area contributed by atoms with Gasteiger partial charge in [0, 0.05) is 29.6 Å². The van der Waals surface area contributed by atoms with Crippen molar-refractivity contribution in [2.75, 3.05) is 13.1 Å². The Morgan fingerprint density at radius 2 is 2.09 bits per heavy atom. The summed E-state index contributed by atoms with van der Waals surface area (Å²) in [7, 11) is 0. The fraction of sp³-hybridized carbons (Fsp3) is 0.556. The zero-order chi connectivity index (χ0) is 15.6. The van der Waals surface area contributed by atoms with E-state index >= 15 is 0 Å². The number of aromatic nitrogens is 2. The van der Waals surface area contributed by atoms with Crippen molar-refractivity contribution >= 4 is 16.8 Å². The number of nitrogens with zero attached hydrogens (tertiary/aromatic N) is 2. The molecule has 1 aliphatic heterocycles. The molecule has 1 aromatic carbocycles. The molecule has 0 radical (unpaired) electrons. The van der Waals surface area contributed by atoms with E-state index in [9.17, 15) is 4.79 Å². The first-order valence-corrected chi connectivity index (χ1v) is 8.77. The van der Waals surface area contributed by atoms with Crippen molar-refractivity contribution < 1.29 is 4.79 Å². The second kappa shape index (κ2) is 6.32. The van der Waals surface area contributed by atoms with Crippen LogP contribution in [0.4, 0.5) is 0 Å². The van der Waals surface area contributed by atoms with Gasteiger partial charge < -0.3 is 5.32 Å². The maximum atomic E-state index is 12.5. The third-order valence-electron chi connectivity index (χ3n) is 5.33. The minimum atomic E-state index is 0.0337. The number of fused-ring (bicyclic) bond motifs is 1. The van der Waals surface area contributed by atoms with Crippen LogP contribution in [0.1, 0.15) is 48.9 Å². The molecule has 2 N–H and O–H groups in total. The fourth-order valence-electron chi connectivity index (χ4n) is 4.08. The van der Waals surface area contributed by atoms with Crippen molar-refractivity contribution in [3.63, 3.8) is 0 Å². The van der Waals surface area contributed by atoms with Gasteiger partial charge in [-0.1, -0.05) is 12.8 Å². The lowest BCUT2D eigenvalue weighted by Gasteiger charge is -2.37. The molecule has 1 saturated carbocycles. The smallest absolute Gasteiger partial charge is 0.251 e. The van der Waals surface area contributed by atoms with Crippen LogP contribution in [0.2, 0.25) is 0 Å². The number of H-pyrrole nitrogens is 1. The zero-order valence-electron chi connectivity index (χ0n) is 13.4. The van der Waals surface area contributed by atoms with Gasteiger partial charge in [0.05, 0.1) is 11.7 Å². The Hall–Kier alpha value is -1.88. The van der Waals surface area contributed by atoms with Crippen LogP contribution >= 0.6 is 0 Å². The summed E-state index contributed by atoms with van der Waals surface area (Å²) in [6, 6.07) is 6.72. The summed E-state index contributed by atoms with van der Waals surface area (Å²) in [5.41, 5.74) is 1.68. The van der Waals surface area contributed by atoms with Crippen LogP contribution in [-0.2, 0) is 0 Å². The lowest BCUT2D eigenvalue weighted by molar-refractivity contribution is 0.0875. The Morgan fingerprint density at radius 3 is 2.96 bits per heavy atom. The molecule has 4 rings (SSSR count). The van der Waals surface area contributed by atoms with Gasteiger partial charge in [0.1, 0.15) is 0 Å². The first kappa shape index (κ1) is 14.7. The van der Waals surface area contributed by atoms with Gasteiger partial charge >= 0.3 is 0 Å².